The normalized spacial score (nSPS) is 12.0. The van der Waals surface area contributed by atoms with Crippen molar-refractivity contribution in [3.63, 3.8) is 0 Å². The Bertz CT molecular complexity index is 1700. The van der Waals surface area contributed by atoms with Gasteiger partial charge in [-0.15, -0.1) is 0 Å². The molecule has 4 rings (SSSR count). The highest BCUT2D eigenvalue weighted by molar-refractivity contribution is 9.10. The van der Waals surface area contributed by atoms with Crippen LogP contribution in [0.3, 0.4) is 0 Å². The van der Waals surface area contributed by atoms with E-state index in [2.05, 4.69) is 21.2 Å². The van der Waals surface area contributed by atoms with Crippen LogP contribution in [0.15, 0.2) is 112 Å². The molecule has 4 aromatic carbocycles. The molecule has 0 spiro atoms. The molecular weight excluding hydrogens is 662 g/mol. The first kappa shape index (κ1) is 33.2. The topological polar surface area (TPSA) is 86.8 Å². The smallest absolute Gasteiger partial charge is 0.264 e. The highest BCUT2D eigenvalue weighted by Gasteiger charge is 2.35. The first-order valence-electron chi connectivity index (χ1n) is 14.2. The summed E-state index contributed by atoms with van der Waals surface area (Å²) in [6.45, 7) is 5.08. The summed E-state index contributed by atoms with van der Waals surface area (Å²) in [5, 5.41) is 3.44. The molecular formula is C34H35BrClN3O4S. The van der Waals surface area contributed by atoms with E-state index in [4.69, 9.17) is 11.6 Å². The summed E-state index contributed by atoms with van der Waals surface area (Å²) in [7, 11) is -4.18. The first-order chi connectivity index (χ1) is 20.9. The van der Waals surface area contributed by atoms with E-state index in [9.17, 15) is 18.0 Å². The highest BCUT2D eigenvalue weighted by atomic mass is 79.9. The molecule has 0 saturated carbocycles. The molecule has 0 radical (unpaired) electrons. The van der Waals surface area contributed by atoms with Gasteiger partial charge in [0.2, 0.25) is 11.8 Å². The van der Waals surface area contributed by atoms with Crippen LogP contribution in [0.4, 0.5) is 5.69 Å². The summed E-state index contributed by atoms with van der Waals surface area (Å²) in [4.78, 5) is 29.7. The van der Waals surface area contributed by atoms with Gasteiger partial charge in [0, 0.05) is 28.5 Å². The fourth-order valence-corrected chi connectivity index (χ4v) is 6.77. The van der Waals surface area contributed by atoms with Gasteiger partial charge in [-0.3, -0.25) is 13.9 Å². The van der Waals surface area contributed by atoms with Crippen LogP contribution in [0.1, 0.15) is 30.5 Å². The lowest BCUT2D eigenvalue weighted by Gasteiger charge is -2.34. The molecule has 10 heteroatoms. The average molecular weight is 697 g/mol. The third-order valence-corrected chi connectivity index (χ3v) is 9.44. The van der Waals surface area contributed by atoms with Crippen molar-refractivity contribution in [3.05, 3.63) is 129 Å². The van der Waals surface area contributed by atoms with E-state index in [0.717, 1.165) is 15.4 Å². The van der Waals surface area contributed by atoms with Crippen LogP contribution in [-0.4, -0.2) is 43.8 Å². The quantitative estimate of drug-likeness (QED) is 0.177. The average Bonchev–Trinajstić information content (AvgIpc) is 2.98. The number of hydrogen-bond donors (Lipinski definition) is 1. The molecule has 0 aliphatic rings. The van der Waals surface area contributed by atoms with E-state index < -0.39 is 28.5 Å². The van der Waals surface area contributed by atoms with E-state index in [0.29, 0.717) is 20.7 Å². The van der Waals surface area contributed by atoms with Crippen molar-refractivity contribution in [3.8, 4) is 0 Å². The monoisotopic (exact) mass is 695 g/mol. The van der Waals surface area contributed by atoms with Crippen LogP contribution in [0, 0.1) is 6.92 Å². The fraction of sp³-hybridized carbons (Fsp3) is 0.235. The molecule has 0 saturated heterocycles. The minimum Gasteiger partial charge on any atom is -0.352 e. The Balaban J connectivity index is 1.81. The second-order valence-corrected chi connectivity index (χ2v) is 14.0. The molecule has 1 atom stereocenters. The lowest BCUT2D eigenvalue weighted by Crippen LogP contribution is -2.54. The Morgan fingerprint density at radius 3 is 2.16 bits per heavy atom. The zero-order chi connectivity index (χ0) is 31.9. The van der Waals surface area contributed by atoms with Crippen molar-refractivity contribution >= 4 is 55.1 Å². The Kier molecular flexibility index (Phi) is 11.2. The third-order valence-electron chi connectivity index (χ3n) is 6.93. The number of hydrogen-bond acceptors (Lipinski definition) is 4. The lowest BCUT2D eigenvalue weighted by molar-refractivity contribution is -0.140. The van der Waals surface area contributed by atoms with E-state index >= 15 is 0 Å². The highest BCUT2D eigenvalue weighted by Crippen LogP contribution is 2.28. The predicted octanol–water partition coefficient (Wildman–Crippen LogP) is 6.77. The molecule has 0 aromatic heterocycles. The Morgan fingerprint density at radius 2 is 1.52 bits per heavy atom. The van der Waals surface area contributed by atoms with Crippen LogP contribution in [0.5, 0.6) is 0 Å². The number of nitrogens with zero attached hydrogens (tertiary/aromatic N) is 2. The van der Waals surface area contributed by atoms with Crippen LogP contribution in [0.25, 0.3) is 0 Å². The predicted molar refractivity (Wildman–Crippen MR) is 179 cm³/mol. The number of anilines is 1. The molecule has 0 unspecified atom stereocenters. The van der Waals surface area contributed by atoms with Gasteiger partial charge in [-0.1, -0.05) is 93.8 Å². The van der Waals surface area contributed by atoms with Gasteiger partial charge >= 0.3 is 0 Å². The van der Waals surface area contributed by atoms with Crippen molar-refractivity contribution in [2.45, 2.75) is 50.7 Å². The summed E-state index contributed by atoms with van der Waals surface area (Å²) in [6.07, 6.45) is 0.229. The molecule has 4 aromatic rings. The van der Waals surface area contributed by atoms with Crippen LogP contribution >= 0.6 is 27.5 Å². The minimum absolute atomic E-state index is 0.0410. The van der Waals surface area contributed by atoms with Crippen molar-refractivity contribution < 1.29 is 18.0 Å². The number of nitrogens with one attached hydrogen (secondary N) is 1. The number of carbonyl (C=O) groups is 2. The maximum absolute atomic E-state index is 14.5. The second kappa shape index (κ2) is 14.9. The lowest BCUT2D eigenvalue weighted by atomic mass is 10.0. The van der Waals surface area contributed by atoms with Crippen molar-refractivity contribution in [2.75, 3.05) is 10.8 Å². The van der Waals surface area contributed by atoms with Gasteiger partial charge in [-0.2, -0.15) is 0 Å². The van der Waals surface area contributed by atoms with Crippen molar-refractivity contribution in [1.82, 2.24) is 10.2 Å². The summed E-state index contributed by atoms with van der Waals surface area (Å²) >= 11 is 9.72. The van der Waals surface area contributed by atoms with E-state index in [1.165, 1.54) is 17.0 Å². The van der Waals surface area contributed by atoms with Crippen LogP contribution in [-0.2, 0) is 32.6 Å². The van der Waals surface area contributed by atoms with Gasteiger partial charge in [0.05, 0.1) is 10.6 Å². The maximum atomic E-state index is 14.5. The zero-order valence-corrected chi connectivity index (χ0v) is 27.9. The Hall–Kier alpha value is -3.66. The molecule has 0 aliphatic heterocycles. The summed E-state index contributed by atoms with van der Waals surface area (Å²) in [5.41, 5.74) is 2.77. The molecule has 0 bridgehead atoms. The molecule has 2 amide bonds. The minimum atomic E-state index is -4.18. The van der Waals surface area contributed by atoms with Crippen molar-refractivity contribution in [1.29, 1.82) is 0 Å². The molecule has 7 nitrogen and oxygen atoms in total. The number of rotatable bonds is 12. The first-order valence-corrected chi connectivity index (χ1v) is 16.8. The molecule has 0 fully saturated rings. The number of halogens is 2. The third kappa shape index (κ3) is 8.71. The van der Waals surface area contributed by atoms with E-state index in [1.54, 1.807) is 54.6 Å². The number of benzene rings is 4. The maximum Gasteiger partial charge on any atom is 0.264 e. The Morgan fingerprint density at radius 1 is 0.864 bits per heavy atom. The van der Waals surface area contributed by atoms with Gasteiger partial charge in [-0.25, -0.2) is 8.42 Å². The van der Waals surface area contributed by atoms with Gasteiger partial charge in [0.25, 0.3) is 10.0 Å². The van der Waals surface area contributed by atoms with Gasteiger partial charge in [0.1, 0.15) is 12.6 Å². The molecule has 0 heterocycles. The van der Waals surface area contributed by atoms with Crippen LogP contribution in [0.2, 0.25) is 5.02 Å². The molecule has 44 heavy (non-hydrogen) atoms. The number of amides is 2. The van der Waals surface area contributed by atoms with Gasteiger partial charge in [-0.05, 0) is 74.4 Å². The second-order valence-electron chi connectivity index (χ2n) is 10.8. The largest absolute Gasteiger partial charge is 0.352 e. The van der Waals surface area contributed by atoms with Crippen LogP contribution < -0.4 is 9.62 Å². The standard InChI is InChI=1S/C34H35BrClN3O4S/c1-24(2)37-34(41)32(20-26-9-5-4-6-10-26)38(22-27-11-7-13-29(36)19-27)33(40)23-39(30-14-8-12-28(35)21-30)44(42,43)31-17-15-25(3)16-18-31/h4-19,21,24,32H,20,22-23H2,1-3H3,(H,37,41)/t32-/m0/s1. The van der Waals surface area contributed by atoms with Gasteiger partial charge < -0.3 is 10.2 Å². The number of sulfonamides is 1. The summed E-state index contributed by atoms with van der Waals surface area (Å²) < 4.78 is 29.9. The van der Waals surface area contributed by atoms with Crippen molar-refractivity contribution in [2.24, 2.45) is 0 Å². The summed E-state index contributed by atoms with van der Waals surface area (Å²) in [5.74, 6) is -0.880. The summed E-state index contributed by atoms with van der Waals surface area (Å²) in [6, 6.07) is 28.6. The fourth-order valence-electron chi connectivity index (χ4n) is 4.76. The zero-order valence-electron chi connectivity index (χ0n) is 24.8. The number of aryl methyl sites for hydroxylation is 1. The molecule has 1 N–H and O–H groups in total. The SMILES string of the molecule is Cc1ccc(S(=O)(=O)N(CC(=O)N(Cc2cccc(Cl)c2)[C@@H](Cc2ccccc2)C(=O)NC(C)C)c2cccc(Br)c2)cc1. The van der Waals surface area contributed by atoms with E-state index in [1.807, 2.05) is 57.2 Å². The Labute approximate surface area is 273 Å². The van der Waals surface area contributed by atoms with E-state index in [-0.39, 0.29) is 29.8 Å². The van der Waals surface area contributed by atoms with Gasteiger partial charge in [0.15, 0.2) is 0 Å². The molecule has 0 aliphatic carbocycles. The number of carbonyl (C=O) groups excluding carboxylic acids is 2. The molecule has 230 valence electrons.